The third-order valence-corrected chi connectivity index (χ3v) is 6.60. The Morgan fingerprint density at radius 1 is 1.28 bits per heavy atom. The quantitative estimate of drug-likeness (QED) is 0.781. The van der Waals surface area contributed by atoms with Gasteiger partial charge in [-0.25, -0.2) is 4.98 Å². The number of aryl methyl sites for hydroxylation is 3. The van der Waals surface area contributed by atoms with E-state index in [4.69, 9.17) is 0 Å². The molecule has 0 aliphatic heterocycles. The van der Waals surface area contributed by atoms with Crippen molar-refractivity contribution in [2.75, 3.05) is 7.05 Å². The van der Waals surface area contributed by atoms with E-state index in [-0.39, 0.29) is 11.5 Å². The molecular weight excluding hydrogens is 334 g/mol. The maximum Gasteiger partial charge on any atom is 0.262 e. The van der Waals surface area contributed by atoms with Gasteiger partial charge < -0.3 is 4.90 Å². The fourth-order valence-electron chi connectivity index (χ4n) is 3.67. The number of hydrogen-bond acceptors (Lipinski definition) is 4. The fraction of sp³-hybridized carbons (Fsp3) is 0.632. The Bertz CT molecular complexity index is 816. The highest BCUT2D eigenvalue weighted by Crippen LogP contribution is 2.25. The highest BCUT2D eigenvalue weighted by molar-refractivity contribution is 7.18. The molecule has 2 aromatic rings. The Kier molecular flexibility index (Phi) is 5.57. The van der Waals surface area contributed by atoms with Gasteiger partial charge in [-0.3, -0.25) is 14.2 Å². The van der Waals surface area contributed by atoms with E-state index in [0.29, 0.717) is 24.4 Å². The number of fused-ring (bicyclic) bond motifs is 1. The van der Waals surface area contributed by atoms with Gasteiger partial charge in [0.15, 0.2) is 0 Å². The molecule has 1 fully saturated rings. The standard InChI is InChI=1S/C19H27N3O2S/c1-13-14(2)25-18-17(13)19(24)22(12-20-18)11-10-16(23)21(3)15-8-6-4-5-7-9-15/h12,15H,4-11H2,1-3H3. The van der Waals surface area contributed by atoms with Crippen molar-refractivity contribution >= 4 is 27.5 Å². The summed E-state index contributed by atoms with van der Waals surface area (Å²) in [5.74, 6) is 0.122. The minimum absolute atomic E-state index is 0.0308. The van der Waals surface area contributed by atoms with Gasteiger partial charge >= 0.3 is 0 Å². The van der Waals surface area contributed by atoms with Gasteiger partial charge in [0.05, 0.1) is 11.7 Å². The molecule has 6 heteroatoms. The number of carbonyl (C=O) groups excluding carboxylic acids is 1. The predicted octanol–water partition coefficient (Wildman–Crippen LogP) is 3.65. The summed E-state index contributed by atoms with van der Waals surface area (Å²) < 4.78 is 1.58. The first-order chi connectivity index (χ1) is 12.0. The fourth-order valence-corrected chi connectivity index (χ4v) is 4.66. The Morgan fingerprint density at radius 3 is 2.64 bits per heavy atom. The largest absolute Gasteiger partial charge is 0.343 e. The van der Waals surface area contributed by atoms with Gasteiger partial charge in [-0.2, -0.15) is 0 Å². The summed E-state index contributed by atoms with van der Waals surface area (Å²) in [5, 5.41) is 0.703. The van der Waals surface area contributed by atoms with Crippen LogP contribution in [0, 0.1) is 13.8 Å². The van der Waals surface area contributed by atoms with Crippen LogP contribution in [0.5, 0.6) is 0 Å². The topological polar surface area (TPSA) is 55.2 Å². The Morgan fingerprint density at radius 2 is 1.96 bits per heavy atom. The Balaban J connectivity index is 1.69. The van der Waals surface area contributed by atoms with Crippen LogP contribution in [0.15, 0.2) is 11.1 Å². The van der Waals surface area contributed by atoms with Crippen LogP contribution in [0.4, 0.5) is 0 Å². The summed E-state index contributed by atoms with van der Waals surface area (Å²) in [7, 11) is 1.91. The van der Waals surface area contributed by atoms with Gasteiger partial charge in [0.2, 0.25) is 5.91 Å². The predicted molar refractivity (Wildman–Crippen MR) is 102 cm³/mol. The molecule has 0 atom stereocenters. The van der Waals surface area contributed by atoms with E-state index in [1.54, 1.807) is 22.2 Å². The molecule has 136 valence electrons. The summed E-state index contributed by atoms with van der Waals surface area (Å²) in [5.41, 5.74) is 0.977. The Hall–Kier alpha value is -1.69. The summed E-state index contributed by atoms with van der Waals surface area (Å²) in [4.78, 5) is 33.5. The van der Waals surface area contributed by atoms with Gasteiger partial charge in [-0.1, -0.05) is 25.7 Å². The van der Waals surface area contributed by atoms with Gasteiger partial charge in [0.1, 0.15) is 4.83 Å². The van der Waals surface area contributed by atoms with E-state index in [9.17, 15) is 9.59 Å². The third-order valence-electron chi connectivity index (χ3n) is 5.49. The highest BCUT2D eigenvalue weighted by atomic mass is 32.1. The minimum atomic E-state index is -0.0308. The van der Waals surface area contributed by atoms with E-state index < -0.39 is 0 Å². The second-order valence-corrected chi connectivity index (χ2v) is 8.31. The van der Waals surface area contributed by atoms with E-state index in [1.807, 2.05) is 25.8 Å². The molecule has 2 aromatic heterocycles. The van der Waals surface area contributed by atoms with Crippen molar-refractivity contribution in [2.24, 2.45) is 0 Å². The molecule has 3 rings (SSSR count). The van der Waals surface area contributed by atoms with Crippen molar-refractivity contribution in [2.45, 2.75) is 71.4 Å². The van der Waals surface area contributed by atoms with E-state index in [0.717, 1.165) is 28.1 Å². The molecule has 2 heterocycles. The monoisotopic (exact) mass is 361 g/mol. The van der Waals surface area contributed by atoms with Crippen molar-refractivity contribution in [3.8, 4) is 0 Å². The summed E-state index contributed by atoms with van der Waals surface area (Å²) in [6.45, 7) is 4.37. The molecule has 0 aromatic carbocycles. The van der Waals surface area contributed by atoms with Crippen LogP contribution in [0.3, 0.4) is 0 Å². The van der Waals surface area contributed by atoms with Crippen LogP contribution in [0.2, 0.25) is 0 Å². The van der Waals surface area contributed by atoms with Crippen molar-refractivity contribution in [3.63, 3.8) is 0 Å². The van der Waals surface area contributed by atoms with Crippen LogP contribution in [0.25, 0.3) is 10.2 Å². The molecule has 1 amide bonds. The first-order valence-electron chi connectivity index (χ1n) is 9.20. The lowest BCUT2D eigenvalue weighted by atomic mass is 10.1. The third kappa shape index (κ3) is 3.78. The van der Waals surface area contributed by atoms with Crippen LogP contribution < -0.4 is 5.56 Å². The molecule has 25 heavy (non-hydrogen) atoms. The zero-order valence-electron chi connectivity index (χ0n) is 15.4. The molecule has 0 saturated heterocycles. The molecule has 0 spiro atoms. The number of nitrogens with zero attached hydrogens (tertiary/aromatic N) is 3. The molecule has 1 aliphatic rings. The number of rotatable bonds is 4. The van der Waals surface area contributed by atoms with Crippen molar-refractivity contribution in [1.82, 2.24) is 14.5 Å². The summed E-state index contributed by atoms with van der Waals surface area (Å²) >= 11 is 1.55. The number of hydrogen-bond donors (Lipinski definition) is 0. The average Bonchev–Trinajstić information content (AvgIpc) is 2.80. The van der Waals surface area contributed by atoms with Crippen LogP contribution in [-0.4, -0.2) is 33.4 Å². The highest BCUT2D eigenvalue weighted by Gasteiger charge is 2.21. The van der Waals surface area contributed by atoms with E-state index >= 15 is 0 Å². The molecule has 5 nitrogen and oxygen atoms in total. The number of carbonyl (C=O) groups is 1. The van der Waals surface area contributed by atoms with Crippen molar-refractivity contribution in [1.29, 1.82) is 0 Å². The average molecular weight is 362 g/mol. The minimum Gasteiger partial charge on any atom is -0.343 e. The number of aromatic nitrogens is 2. The molecular formula is C19H27N3O2S. The zero-order chi connectivity index (χ0) is 18.0. The zero-order valence-corrected chi connectivity index (χ0v) is 16.2. The number of thiophene rings is 1. The van der Waals surface area contributed by atoms with Gasteiger partial charge in [0.25, 0.3) is 5.56 Å². The summed E-state index contributed by atoms with van der Waals surface area (Å²) in [6, 6.07) is 0.356. The number of amides is 1. The van der Waals surface area contributed by atoms with Crippen molar-refractivity contribution in [3.05, 3.63) is 27.1 Å². The lowest BCUT2D eigenvalue weighted by molar-refractivity contribution is -0.132. The second-order valence-electron chi connectivity index (χ2n) is 7.11. The van der Waals surface area contributed by atoms with Gasteiger partial charge in [-0.15, -0.1) is 11.3 Å². The molecule has 0 N–H and O–H groups in total. The van der Waals surface area contributed by atoms with E-state index in [2.05, 4.69) is 4.98 Å². The molecule has 0 unspecified atom stereocenters. The SMILES string of the molecule is Cc1sc2ncn(CCC(=O)N(C)C3CCCCCC3)c(=O)c2c1C. The maximum atomic E-state index is 12.7. The molecule has 0 radical (unpaired) electrons. The van der Waals surface area contributed by atoms with Crippen LogP contribution >= 0.6 is 11.3 Å². The first kappa shape index (κ1) is 18.1. The second kappa shape index (κ2) is 7.68. The first-order valence-corrected chi connectivity index (χ1v) is 10.0. The van der Waals surface area contributed by atoms with Gasteiger partial charge in [-0.05, 0) is 32.3 Å². The van der Waals surface area contributed by atoms with E-state index in [1.165, 1.54) is 25.7 Å². The molecule has 1 saturated carbocycles. The van der Waals surface area contributed by atoms with Crippen molar-refractivity contribution < 1.29 is 4.79 Å². The van der Waals surface area contributed by atoms with Crippen LogP contribution in [0.1, 0.15) is 55.4 Å². The maximum absolute atomic E-state index is 12.7. The normalized spacial score (nSPS) is 16.1. The molecule has 1 aliphatic carbocycles. The lowest BCUT2D eigenvalue weighted by Gasteiger charge is -2.27. The van der Waals surface area contributed by atoms with Gasteiger partial charge in [0, 0.05) is 30.9 Å². The lowest BCUT2D eigenvalue weighted by Crippen LogP contribution is -2.37. The molecule has 0 bridgehead atoms. The van der Waals surface area contributed by atoms with Crippen LogP contribution in [-0.2, 0) is 11.3 Å². The smallest absolute Gasteiger partial charge is 0.262 e. The summed E-state index contributed by atoms with van der Waals surface area (Å²) in [6.07, 6.45) is 9.10. The Labute approximate surface area is 152 Å².